The molecule has 1 atom stereocenters. The fourth-order valence-electron chi connectivity index (χ4n) is 1.89. The maximum atomic E-state index is 11.3. The normalized spacial score (nSPS) is 11.5. The van der Waals surface area contributed by atoms with E-state index >= 15 is 0 Å². The maximum Gasteiger partial charge on any atom is 0.305 e. The number of aliphatic hydroxyl groups is 3. The molecule has 1 unspecified atom stereocenters. The van der Waals surface area contributed by atoms with E-state index in [0.717, 1.165) is 12.8 Å². The van der Waals surface area contributed by atoms with Crippen LogP contribution >= 0.6 is 0 Å². The molecule has 0 aliphatic carbocycles. The van der Waals surface area contributed by atoms with Crippen LogP contribution in [0.3, 0.4) is 0 Å². The highest BCUT2D eigenvalue weighted by molar-refractivity contribution is 5.69. The Hall–Kier alpha value is -0.650. The molecule has 0 aromatic rings. The Bertz CT molecular complexity index is 221. The molecule has 22 heavy (non-hydrogen) atoms. The van der Waals surface area contributed by atoms with Crippen molar-refractivity contribution in [1.82, 2.24) is 0 Å². The molecule has 0 amide bonds. The predicted octanol–water partition coefficient (Wildman–Crippen LogP) is 2.80. The van der Waals surface area contributed by atoms with Crippen LogP contribution in [0.5, 0.6) is 0 Å². The first-order chi connectivity index (χ1) is 10.6. The van der Waals surface area contributed by atoms with Crippen molar-refractivity contribution in [2.45, 2.75) is 84.2 Å². The average molecular weight is 320 g/mol. The van der Waals surface area contributed by atoms with Gasteiger partial charge in [-0.05, 0) is 13.3 Å². The van der Waals surface area contributed by atoms with Gasteiger partial charge in [-0.25, -0.2) is 0 Å². The highest BCUT2D eigenvalue weighted by atomic mass is 16.5. The second-order valence-electron chi connectivity index (χ2n) is 5.41. The van der Waals surface area contributed by atoms with Crippen molar-refractivity contribution in [3.8, 4) is 0 Å². The van der Waals surface area contributed by atoms with Crippen molar-refractivity contribution in [2.24, 2.45) is 0 Å². The number of rotatable bonds is 13. The zero-order valence-electron chi connectivity index (χ0n) is 14.4. The molecule has 5 nitrogen and oxygen atoms in total. The number of esters is 1. The third-order valence-electron chi connectivity index (χ3n) is 3.13. The van der Waals surface area contributed by atoms with E-state index in [9.17, 15) is 4.79 Å². The molecule has 0 spiro atoms. The molecule has 0 saturated heterocycles. The van der Waals surface area contributed by atoms with Gasteiger partial charge in [0.1, 0.15) is 12.7 Å². The molecule has 0 heterocycles. The molecule has 5 heteroatoms. The van der Waals surface area contributed by atoms with Crippen molar-refractivity contribution in [2.75, 3.05) is 19.8 Å². The van der Waals surface area contributed by atoms with E-state index in [1.807, 2.05) is 0 Å². The Morgan fingerprint density at radius 2 is 1.36 bits per heavy atom. The van der Waals surface area contributed by atoms with Gasteiger partial charge in [0.2, 0.25) is 0 Å². The molecule has 0 saturated carbocycles. The van der Waals surface area contributed by atoms with Gasteiger partial charge in [0.15, 0.2) is 0 Å². The minimum atomic E-state index is -0.952. The standard InChI is InChI=1S/C15H30O4.C2H6O/c1-2-3-4-5-6-7-8-9-10-11-15(18)19-13-14(17)12-16;1-2-3/h14,16-17H,2-13H2,1H3;3H,2H2,1H3. The Kier molecular flexibility index (Phi) is 21.8. The molecule has 0 bridgehead atoms. The van der Waals surface area contributed by atoms with Crippen molar-refractivity contribution >= 4 is 5.97 Å². The minimum absolute atomic E-state index is 0.104. The monoisotopic (exact) mass is 320 g/mol. The summed E-state index contributed by atoms with van der Waals surface area (Å²) in [4.78, 5) is 11.3. The van der Waals surface area contributed by atoms with Gasteiger partial charge in [0.25, 0.3) is 0 Å². The van der Waals surface area contributed by atoms with Crippen molar-refractivity contribution in [3.05, 3.63) is 0 Å². The van der Waals surface area contributed by atoms with Crippen molar-refractivity contribution in [1.29, 1.82) is 0 Å². The van der Waals surface area contributed by atoms with Gasteiger partial charge < -0.3 is 20.1 Å². The zero-order valence-corrected chi connectivity index (χ0v) is 14.4. The third-order valence-corrected chi connectivity index (χ3v) is 3.13. The van der Waals surface area contributed by atoms with Gasteiger partial charge in [-0.15, -0.1) is 0 Å². The lowest BCUT2D eigenvalue weighted by Crippen LogP contribution is -2.21. The van der Waals surface area contributed by atoms with E-state index < -0.39 is 6.10 Å². The topological polar surface area (TPSA) is 87.0 Å². The molecule has 0 rings (SSSR count). The molecule has 0 aliphatic rings. The summed E-state index contributed by atoms with van der Waals surface area (Å²) < 4.78 is 4.82. The lowest BCUT2D eigenvalue weighted by molar-refractivity contribution is -0.147. The summed E-state index contributed by atoms with van der Waals surface area (Å²) >= 11 is 0. The molecule has 0 radical (unpaired) electrons. The smallest absolute Gasteiger partial charge is 0.305 e. The van der Waals surface area contributed by atoms with Crippen molar-refractivity contribution < 1.29 is 24.9 Å². The van der Waals surface area contributed by atoms with Crippen LogP contribution in [0.1, 0.15) is 78.1 Å². The summed E-state index contributed by atoms with van der Waals surface area (Å²) in [7, 11) is 0. The van der Waals surface area contributed by atoms with Gasteiger partial charge in [-0.2, -0.15) is 0 Å². The first kappa shape index (κ1) is 23.6. The summed E-state index contributed by atoms with van der Waals surface area (Å²) in [6.45, 7) is 3.68. The summed E-state index contributed by atoms with van der Waals surface area (Å²) in [6, 6.07) is 0. The molecule has 0 aromatic heterocycles. The van der Waals surface area contributed by atoms with E-state index in [0.29, 0.717) is 6.42 Å². The lowest BCUT2D eigenvalue weighted by atomic mass is 10.1. The molecule has 0 aromatic carbocycles. The van der Waals surface area contributed by atoms with Gasteiger partial charge in [0.05, 0.1) is 6.61 Å². The number of hydrogen-bond donors (Lipinski definition) is 3. The Morgan fingerprint density at radius 1 is 0.909 bits per heavy atom. The Balaban J connectivity index is 0. The van der Waals surface area contributed by atoms with Crippen LogP contribution in [0.4, 0.5) is 0 Å². The second kappa shape index (κ2) is 20.3. The van der Waals surface area contributed by atoms with Crippen LogP contribution in [0.15, 0.2) is 0 Å². The van der Waals surface area contributed by atoms with Crippen LogP contribution in [0.2, 0.25) is 0 Å². The number of unbranched alkanes of at least 4 members (excludes halogenated alkanes) is 8. The van der Waals surface area contributed by atoms with E-state index in [1.54, 1.807) is 6.92 Å². The van der Waals surface area contributed by atoms with Gasteiger partial charge >= 0.3 is 5.97 Å². The van der Waals surface area contributed by atoms with E-state index in [4.69, 9.17) is 20.1 Å². The Morgan fingerprint density at radius 3 is 1.82 bits per heavy atom. The molecular formula is C17H36O5. The molecule has 134 valence electrons. The Labute approximate surface area is 135 Å². The SMILES string of the molecule is CCCCCCCCCCCC(=O)OCC(O)CO.CCO. The predicted molar refractivity (Wildman–Crippen MR) is 88.7 cm³/mol. The van der Waals surface area contributed by atoms with Crippen LogP contribution in [0.25, 0.3) is 0 Å². The number of carbonyl (C=O) groups excluding carboxylic acids is 1. The third kappa shape index (κ3) is 21.6. The molecule has 3 N–H and O–H groups in total. The fraction of sp³-hybridized carbons (Fsp3) is 0.941. The summed E-state index contributed by atoms with van der Waals surface area (Å²) in [6.07, 6.45) is 10.4. The maximum absolute atomic E-state index is 11.3. The molecule has 0 fully saturated rings. The van der Waals surface area contributed by atoms with Crippen LogP contribution < -0.4 is 0 Å². The summed E-state index contributed by atoms with van der Waals surface area (Å²) in [5.74, 6) is -0.282. The van der Waals surface area contributed by atoms with Crippen molar-refractivity contribution in [3.63, 3.8) is 0 Å². The minimum Gasteiger partial charge on any atom is -0.463 e. The van der Waals surface area contributed by atoms with Crippen LogP contribution in [0, 0.1) is 0 Å². The van der Waals surface area contributed by atoms with Gasteiger partial charge in [0, 0.05) is 13.0 Å². The number of carbonyl (C=O) groups is 1. The number of ether oxygens (including phenoxy) is 1. The fourth-order valence-corrected chi connectivity index (χ4v) is 1.89. The average Bonchev–Trinajstić information content (AvgIpc) is 2.51. The lowest BCUT2D eigenvalue weighted by Gasteiger charge is -2.08. The van der Waals surface area contributed by atoms with Crippen LogP contribution in [-0.2, 0) is 9.53 Å². The van der Waals surface area contributed by atoms with E-state index in [1.165, 1.54) is 44.9 Å². The van der Waals surface area contributed by atoms with E-state index in [-0.39, 0.29) is 25.8 Å². The number of hydrogen-bond acceptors (Lipinski definition) is 5. The van der Waals surface area contributed by atoms with Gasteiger partial charge in [-0.3, -0.25) is 4.79 Å². The summed E-state index contributed by atoms with van der Waals surface area (Å²) in [5, 5.41) is 25.1. The first-order valence-corrected chi connectivity index (χ1v) is 8.67. The molecular weight excluding hydrogens is 284 g/mol. The molecule has 0 aliphatic heterocycles. The highest BCUT2D eigenvalue weighted by Gasteiger charge is 2.07. The zero-order chi connectivity index (χ0) is 17.1. The van der Waals surface area contributed by atoms with Gasteiger partial charge in [-0.1, -0.05) is 58.3 Å². The van der Waals surface area contributed by atoms with Crippen LogP contribution in [-0.4, -0.2) is 47.2 Å². The van der Waals surface area contributed by atoms with E-state index in [2.05, 4.69) is 6.92 Å². The largest absolute Gasteiger partial charge is 0.463 e. The quantitative estimate of drug-likeness (QED) is 0.359. The summed E-state index contributed by atoms with van der Waals surface area (Å²) in [5.41, 5.74) is 0. The second-order valence-corrected chi connectivity index (χ2v) is 5.41. The number of aliphatic hydroxyl groups excluding tert-OH is 3. The highest BCUT2D eigenvalue weighted by Crippen LogP contribution is 2.10. The first-order valence-electron chi connectivity index (χ1n) is 8.67.